The van der Waals surface area contributed by atoms with Gasteiger partial charge in [0.25, 0.3) is 0 Å². The zero-order valence-electron chi connectivity index (χ0n) is 9.68. The molecule has 0 saturated heterocycles. The maximum absolute atomic E-state index is 11.2. The van der Waals surface area contributed by atoms with Crippen LogP contribution in [-0.2, 0) is 6.42 Å². The predicted octanol–water partition coefficient (Wildman–Crippen LogP) is 1.23. The van der Waals surface area contributed by atoms with E-state index in [1.54, 1.807) is 0 Å². The molecule has 0 radical (unpaired) electrons. The largest absolute Gasteiger partial charge is 0.476 e. The predicted molar refractivity (Wildman–Crippen MR) is 64.3 cm³/mol. The van der Waals surface area contributed by atoms with Crippen molar-refractivity contribution < 1.29 is 9.90 Å². The minimum Gasteiger partial charge on any atom is -0.476 e. The molecule has 3 N–H and O–H groups in total. The number of carboxylic acid groups (broad SMARTS) is 1. The molecule has 0 fully saturated rings. The number of aryl methyl sites for hydroxylation is 2. The van der Waals surface area contributed by atoms with Crippen molar-refractivity contribution in [1.82, 2.24) is 9.38 Å². The Hall–Kier alpha value is -1.88. The SMILES string of the molecule is Cc1cccn2c(CCCN)nc(C(=O)O)c12. The molecule has 5 nitrogen and oxygen atoms in total. The van der Waals surface area contributed by atoms with Crippen molar-refractivity contribution in [2.24, 2.45) is 5.73 Å². The van der Waals surface area contributed by atoms with Gasteiger partial charge in [0.15, 0.2) is 5.69 Å². The number of imidazole rings is 1. The van der Waals surface area contributed by atoms with E-state index in [2.05, 4.69) is 4.98 Å². The molecule has 0 aromatic carbocycles. The number of hydrogen-bond donors (Lipinski definition) is 2. The van der Waals surface area contributed by atoms with Crippen molar-refractivity contribution in [3.63, 3.8) is 0 Å². The van der Waals surface area contributed by atoms with Crippen LogP contribution in [0.3, 0.4) is 0 Å². The van der Waals surface area contributed by atoms with Gasteiger partial charge in [0, 0.05) is 12.6 Å². The minimum atomic E-state index is -0.990. The maximum Gasteiger partial charge on any atom is 0.356 e. The van der Waals surface area contributed by atoms with E-state index in [9.17, 15) is 4.79 Å². The van der Waals surface area contributed by atoms with Crippen molar-refractivity contribution in [3.05, 3.63) is 35.4 Å². The summed E-state index contributed by atoms with van der Waals surface area (Å²) in [5.41, 5.74) is 7.17. The molecule has 0 saturated carbocycles. The highest BCUT2D eigenvalue weighted by Gasteiger charge is 2.17. The molecule has 2 heterocycles. The lowest BCUT2D eigenvalue weighted by Gasteiger charge is -2.01. The Kier molecular flexibility index (Phi) is 3.10. The van der Waals surface area contributed by atoms with Gasteiger partial charge in [-0.1, -0.05) is 6.07 Å². The number of hydrogen-bond acceptors (Lipinski definition) is 3. The normalized spacial score (nSPS) is 10.9. The van der Waals surface area contributed by atoms with E-state index in [0.29, 0.717) is 18.5 Å². The topological polar surface area (TPSA) is 80.6 Å². The molecule has 0 aliphatic rings. The highest BCUT2D eigenvalue weighted by atomic mass is 16.4. The first kappa shape index (κ1) is 11.6. The first-order chi connectivity index (χ1) is 8.15. The number of pyridine rings is 1. The highest BCUT2D eigenvalue weighted by molar-refractivity contribution is 5.94. The van der Waals surface area contributed by atoms with Crippen LogP contribution in [0, 0.1) is 6.92 Å². The molecule has 0 aliphatic heterocycles. The summed E-state index contributed by atoms with van der Waals surface area (Å²) in [5.74, 6) is -0.234. The number of rotatable bonds is 4. The van der Waals surface area contributed by atoms with Crippen LogP contribution < -0.4 is 5.73 Å². The van der Waals surface area contributed by atoms with Gasteiger partial charge in [0.2, 0.25) is 0 Å². The Morgan fingerprint density at radius 2 is 2.35 bits per heavy atom. The van der Waals surface area contributed by atoms with Gasteiger partial charge in [-0.25, -0.2) is 9.78 Å². The Morgan fingerprint density at radius 3 is 3.00 bits per heavy atom. The lowest BCUT2D eigenvalue weighted by Crippen LogP contribution is -2.03. The monoisotopic (exact) mass is 233 g/mol. The van der Waals surface area contributed by atoms with Crippen LogP contribution in [0.15, 0.2) is 18.3 Å². The van der Waals surface area contributed by atoms with Gasteiger partial charge in [-0.15, -0.1) is 0 Å². The first-order valence-electron chi connectivity index (χ1n) is 5.55. The fourth-order valence-corrected chi connectivity index (χ4v) is 1.95. The molecule has 2 rings (SSSR count). The molecule has 2 aromatic heterocycles. The Bertz CT molecular complexity index is 560. The molecule has 0 aliphatic carbocycles. The number of aromatic nitrogens is 2. The van der Waals surface area contributed by atoms with Gasteiger partial charge in [-0.3, -0.25) is 0 Å². The fourth-order valence-electron chi connectivity index (χ4n) is 1.95. The second-order valence-corrected chi connectivity index (χ2v) is 3.98. The van der Waals surface area contributed by atoms with Crippen LogP contribution in [0.4, 0.5) is 0 Å². The van der Waals surface area contributed by atoms with Crippen LogP contribution in [0.1, 0.15) is 28.3 Å². The summed E-state index contributed by atoms with van der Waals surface area (Å²) < 4.78 is 1.84. The average Bonchev–Trinajstić information content (AvgIpc) is 2.67. The molecular formula is C12H15N3O2. The van der Waals surface area contributed by atoms with E-state index in [-0.39, 0.29) is 5.69 Å². The summed E-state index contributed by atoms with van der Waals surface area (Å²) >= 11 is 0. The van der Waals surface area contributed by atoms with Gasteiger partial charge in [-0.2, -0.15) is 0 Å². The molecule has 0 spiro atoms. The van der Waals surface area contributed by atoms with Crippen LogP contribution in [-0.4, -0.2) is 27.0 Å². The summed E-state index contributed by atoms with van der Waals surface area (Å²) in [6.07, 6.45) is 3.33. The zero-order valence-corrected chi connectivity index (χ0v) is 9.68. The summed E-state index contributed by atoms with van der Waals surface area (Å²) in [5, 5.41) is 9.15. The average molecular weight is 233 g/mol. The number of nitrogens with zero attached hydrogens (tertiary/aromatic N) is 2. The van der Waals surface area contributed by atoms with Gasteiger partial charge in [0.05, 0.1) is 5.52 Å². The van der Waals surface area contributed by atoms with Gasteiger partial charge in [0.1, 0.15) is 5.82 Å². The van der Waals surface area contributed by atoms with E-state index in [4.69, 9.17) is 10.8 Å². The third-order valence-electron chi connectivity index (χ3n) is 2.75. The quantitative estimate of drug-likeness (QED) is 0.832. The van der Waals surface area contributed by atoms with Crippen LogP contribution >= 0.6 is 0 Å². The number of carboxylic acids is 1. The molecular weight excluding hydrogens is 218 g/mol. The summed E-state index contributed by atoms with van der Waals surface area (Å²) in [6.45, 7) is 2.46. The lowest BCUT2D eigenvalue weighted by atomic mass is 10.2. The molecule has 0 atom stereocenters. The van der Waals surface area contributed by atoms with Crippen molar-refractivity contribution >= 4 is 11.5 Å². The first-order valence-corrected chi connectivity index (χ1v) is 5.55. The Balaban J connectivity index is 2.62. The molecule has 0 amide bonds. The van der Waals surface area contributed by atoms with Crippen LogP contribution in [0.5, 0.6) is 0 Å². The smallest absolute Gasteiger partial charge is 0.356 e. The van der Waals surface area contributed by atoms with Crippen LogP contribution in [0.2, 0.25) is 0 Å². The zero-order chi connectivity index (χ0) is 12.4. The lowest BCUT2D eigenvalue weighted by molar-refractivity contribution is 0.0693. The Morgan fingerprint density at radius 1 is 1.59 bits per heavy atom. The van der Waals surface area contributed by atoms with E-state index >= 15 is 0 Å². The summed E-state index contributed by atoms with van der Waals surface area (Å²) in [6, 6.07) is 3.78. The molecule has 90 valence electrons. The van der Waals surface area contributed by atoms with Crippen molar-refractivity contribution in [3.8, 4) is 0 Å². The van der Waals surface area contributed by atoms with Gasteiger partial charge in [-0.05, 0) is 31.5 Å². The third kappa shape index (κ3) is 2.01. The second kappa shape index (κ2) is 4.55. The fraction of sp³-hybridized carbons (Fsp3) is 0.333. The maximum atomic E-state index is 11.2. The van der Waals surface area contributed by atoms with Crippen molar-refractivity contribution in [2.75, 3.05) is 6.54 Å². The van der Waals surface area contributed by atoms with Crippen molar-refractivity contribution in [1.29, 1.82) is 0 Å². The van der Waals surface area contributed by atoms with E-state index < -0.39 is 5.97 Å². The molecule has 2 aromatic rings. The third-order valence-corrected chi connectivity index (χ3v) is 2.75. The molecule has 5 heteroatoms. The molecule has 0 bridgehead atoms. The summed E-state index contributed by atoms with van der Waals surface area (Å²) in [4.78, 5) is 15.3. The highest BCUT2D eigenvalue weighted by Crippen LogP contribution is 2.18. The number of aromatic carboxylic acids is 1. The van der Waals surface area contributed by atoms with Gasteiger partial charge < -0.3 is 15.2 Å². The van der Waals surface area contributed by atoms with E-state index in [1.807, 2.05) is 29.7 Å². The van der Waals surface area contributed by atoms with E-state index in [0.717, 1.165) is 17.8 Å². The number of fused-ring (bicyclic) bond motifs is 1. The minimum absolute atomic E-state index is 0.120. The molecule has 17 heavy (non-hydrogen) atoms. The van der Waals surface area contributed by atoms with Gasteiger partial charge >= 0.3 is 5.97 Å². The van der Waals surface area contributed by atoms with E-state index in [1.165, 1.54) is 0 Å². The number of nitrogens with two attached hydrogens (primary N) is 1. The molecule has 0 unspecified atom stereocenters. The Labute approximate surface area is 98.9 Å². The van der Waals surface area contributed by atoms with Crippen molar-refractivity contribution in [2.45, 2.75) is 19.8 Å². The second-order valence-electron chi connectivity index (χ2n) is 3.98. The van der Waals surface area contributed by atoms with Crippen LogP contribution in [0.25, 0.3) is 5.52 Å². The summed E-state index contributed by atoms with van der Waals surface area (Å²) in [7, 11) is 0. The number of carbonyl (C=O) groups is 1. The standard InChI is InChI=1S/C12H15N3O2/c1-8-4-3-7-15-9(5-2-6-13)14-10(11(8)15)12(16)17/h3-4,7H,2,5-6,13H2,1H3,(H,16,17).